The van der Waals surface area contributed by atoms with Crippen LogP contribution in [0.1, 0.15) is 11.1 Å². The number of hydrogen-bond acceptors (Lipinski definition) is 2. The highest BCUT2D eigenvalue weighted by Crippen LogP contribution is 2.37. The Kier molecular flexibility index (Phi) is 4.27. The third kappa shape index (κ3) is 3.78. The lowest BCUT2D eigenvalue weighted by Crippen LogP contribution is -2.10. The molecule has 0 amide bonds. The third-order valence-corrected chi connectivity index (χ3v) is 2.94. The van der Waals surface area contributed by atoms with Gasteiger partial charge in [-0.05, 0) is 36.4 Å². The normalized spacial score (nSPS) is 11.5. The molecule has 0 aliphatic heterocycles. The minimum Gasteiger partial charge on any atom is -0.488 e. The van der Waals surface area contributed by atoms with E-state index >= 15 is 0 Å². The summed E-state index contributed by atoms with van der Waals surface area (Å²) in [5, 5.41) is 0.267. The molecule has 2 rings (SSSR count). The number of anilines is 1. The molecule has 0 saturated heterocycles. The van der Waals surface area contributed by atoms with E-state index in [0.717, 1.165) is 18.2 Å². The number of nitrogen functional groups attached to an aromatic ring is 1. The van der Waals surface area contributed by atoms with Gasteiger partial charge in [-0.15, -0.1) is 0 Å². The highest BCUT2D eigenvalue weighted by molar-refractivity contribution is 6.30. The van der Waals surface area contributed by atoms with E-state index < -0.39 is 23.3 Å². The molecule has 112 valence electrons. The Morgan fingerprint density at radius 3 is 2.48 bits per heavy atom. The minimum atomic E-state index is -4.61. The van der Waals surface area contributed by atoms with Crippen molar-refractivity contribution in [3.63, 3.8) is 0 Å². The fourth-order valence-corrected chi connectivity index (χ4v) is 1.90. The maximum atomic E-state index is 13.5. The second-order valence-corrected chi connectivity index (χ2v) is 4.71. The first-order valence-corrected chi connectivity index (χ1v) is 6.18. The summed E-state index contributed by atoms with van der Waals surface area (Å²) in [5.74, 6) is -1.03. The molecular weight excluding hydrogens is 310 g/mol. The van der Waals surface area contributed by atoms with Crippen molar-refractivity contribution in [2.45, 2.75) is 12.8 Å². The molecule has 2 aromatic carbocycles. The number of alkyl halides is 3. The summed E-state index contributed by atoms with van der Waals surface area (Å²) >= 11 is 5.70. The largest absolute Gasteiger partial charge is 0.488 e. The van der Waals surface area contributed by atoms with Crippen LogP contribution in [-0.4, -0.2) is 0 Å². The topological polar surface area (TPSA) is 35.2 Å². The maximum Gasteiger partial charge on any atom is 0.420 e. The van der Waals surface area contributed by atoms with Gasteiger partial charge < -0.3 is 10.5 Å². The Morgan fingerprint density at radius 2 is 1.81 bits per heavy atom. The molecular formula is C14H10ClF4NO. The molecule has 2 nitrogen and oxygen atoms in total. The summed E-state index contributed by atoms with van der Waals surface area (Å²) < 4.78 is 57.2. The molecule has 0 aliphatic carbocycles. The zero-order valence-electron chi connectivity index (χ0n) is 10.5. The van der Waals surface area contributed by atoms with Gasteiger partial charge in [0.2, 0.25) is 0 Å². The summed E-state index contributed by atoms with van der Waals surface area (Å²) in [6, 6.07) is 6.89. The van der Waals surface area contributed by atoms with Crippen molar-refractivity contribution in [2.24, 2.45) is 0 Å². The van der Waals surface area contributed by atoms with E-state index in [-0.39, 0.29) is 22.9 Å². The van der Waals surface area contributed by atoms with Gasteiger partial charge in [-0.2, -0.15) is 13.2 Å². The predicted molar refractivity (Wildman–Crippen MR) is 71.6 cm³/mol. The highest BCUT2D eigenvalue weighted by atomic mass is 35.5. The summed E-state index contributed by atoms with van der Waals surface area (Å²) in [6.07, 6.45) is -4.61. The number of benzene rings is 2. The quantitative estimate of drug-likeness (QED) is 0.659. The average Bonchev–Trinajstić information content (AvgIpc) is 2.40. The number of rotatable bonds is 3. The third-order valence-electron chi connectivity index (χ3n) is 2.70. The maximum absolute atomic E-state index is 13.5. The van der Waals surface area contributed by atoms with E-state index in [1.54, 1.807) is 0 Å². The van der Waals surface area contributed by atoms with Gasteiger partial charge in [-0.1, -0.05) is 11.6 Å². The molecule has 0 radical (unpaired) electrons. The number of halogens is 5. The standard InChI is InChI=1S/C14H10ClF4NO/c15-9-1-3-12(16)8(5-9)7-21-13-4-2-10(20)6-11(13)14(17,18)19/h1-6H,7,20H2. The molecule has 0 heterocycles. The fourth-order valence-electron chi connectivity index (χ4n) is 1.70. The molecule has 0 aromatic heterocycles. The molecule has 0 fully saturated rings. The van der Waals surface area contributed by atoms with Crippen LogP contribution in [-0.2, 0) is 12.8 Å². The molecule has 0 bridgehead atoms. The van der Waals surface area contributed by atoms with Gasteiger partial charge in [0.15, 0.2) is 0 Å². The Labute approximate surface area is 123 Å². The van der Waals surface area contributed by atoms with Gasteiger partial charge in [0.1, 0.15) is 18.2 Å². The van der Waals surface area contributed by atoms with Gasteiger partial charge in [0.25, 0.3) is 0 Å². The van der Waals surface area contributed by atoms with Crippen LogP contribution in [0.25, 0.3) is 0 Å². The van der Waals surface area contributed by atoms with E-state index in [1.165, 1.54) is 18.2 Å². The average molecular weight is 320 g/mol. The van der Waals surface area contributed by atoms with Crippen LogP contribution in [0.3, 0.4) is 0 Å². The lowest BCUT2D eigenvalue weighted by atomic mass is 10.1. The SMILES string of the molecule is Nc1ccc(OCc2cc(Cl)ccc2F)c(C(F)(F)F)c1. The van der Waals surface area contributed by atoms with Crippen molar-refractivity contribution < 1.29 is 22.3 Å². The van der Waals surface area contributed by atoms with Gasteiger partial charge in [-0.25, -0.2) is 4.39 Å². The lowest BCUT2D eigenvalue weighted by Gasteiger charge is -2.15. The summed E-state index contributed by atoms with van der Waals surface area (Å²) in [4.78, 5) is 0. The second kappa shape index (κ2) is 5.81. The lowest BCUT2D eigenvalue weighted by molar-refractivity contribution is -0.139. The molecule has 0 saturated carbocycles. The molecule has 0 atom stereocenters. The van der Waals surface area contributed by atoms with Crippen molar-refractivity contribution in [1.82, 2.24) is 0 Å². The van der Waals surface area contributed by atoms with Crippen molar-refractivity contribution in [3.8, 4) is 5.75 Å². The smallest absolute Gasteiger partial charge is 0.420 e. The van der Waals surface area contributed by atoms with E-state index in [4.69, 9.17) is 22.1 Å². The zero-order chi connectivity index (χ0) is 15.6. The van der Waals surface area contributed by atoms with E-state index in [1.807, 2.05) is 0 Å². The molecule has 0 aliphatic rings. The second-order valence-electron chi connectivity index (χ2n) is 4.28. The van der Waals surface area contributed by atoms with Crippen molar-refractivity contribution in [2.75, 3.05) is 5.73 Å². The zero-order valence-corrected chi connectivity index (χ0v) is 11.3. The van der Waals surface area contributed by atoms with Crippen molar-refractivity contribution >= 4 is 17.3 Å². The van der Waals surface area contributed by atoms with Crippen LogP contribution in [0.4, 0.5) is 23.2 Å². The highest BCUT2D eigenvalue weighted by Gasteiger charge is 2.34. The minimum absolute atomic E-state index is 0.0383. The summed E-state index contributed by atoms with van der Waals surface area (Å²) in [6.45, 7) is -0.376. The Balaban J connectivity index is 2.26. The Bertz CT molecular complexity index is 658. The van der Waals surface area contributed by atoms with Crippen molar-refractivity contribution in [1.29, 1.82) is 0 Å². The van der Waals surface area contributed by atoms with E-state index in [2.05, 4.69) is 0 Å². The first-order chi connectivity index (χ1) is 9.77. The van der Waals surface area contributed by atoms with Gasteiger partial charge in [0.05, 0.1) is 5.56 Å². The molecule has 0 spiro atoms. The van der Waals surface area contributed by atoms with Crippen LogP contribution < -0.4 is 10.5 Å². The van der Waals surface area contributed by atoms with Gasteiger partial charge in [0, 0.05) is 16.3 Å². The van der Waals surface area contributed by atoms with Crippen LogP contribution in [0.5, 0.6) is 5.75 Å². The van der Waals surface area contributed by atoms with Crippen LogP contribution in [0.2, 0.25) is 5.02 Å². The molecule has 0 unspecified atom stereocenters. The number of nitrogens with two attached hydrogens (primary N) is 1. The molecule has 2 aromatic rings. The van der Waals surface area contributed by atoms with Crippen LogP contribution >= 0.6 is 11.6 Å². The summed E-state index contributed by atoms with van der Waals surface area (Å²) in [7, 11) is 0. The molecule has 21 heavy (non-hydrogen) atoms. The van der Waals surface area contributed by atoms with E-state index in [9.17, 15) is 17.6 Å². The summed E-state index contributed by atoms with van der Waals surface area (Å²) in [5.41, 5.74) is 4.36. The number of ether oxygens (including phenoxy) is 1. The monoisotopic (exact) mass is 319 g/mol. The van der Waals surface area contributed by atoms with Gasteiger partial charge >= 0.3 is 6.18 Å². The van der Waals surface area contributed by atoms with Crippen LogP contribution in [0, 0.1) is 5.82 Å². The fraction of sp³-hybridized carbons (Fsp3) is 0.143. The van der Waals surface area contributed by atoms with Crippen LogP contribution in [0.15, 0.2) is 36.4 Å². The first-order valence-electron chi connectivity index (χ1n) is 5.81. The van der Waals surface area contributed by atoms with Crippen molar-refractivity contribution in [3.05, 3.63) is 58.4 Å². The molecule has 7 heteroatoms. The molecule has 2 N–H and O–H groups in total. The number of hydrogen-bond donors (Lipinski definition) is 1. The Hall–Kier alpha value is -1.95. The van der Waals surface area contributed by atoms with E-state index in [0.29, 0.717) is 0 Å². The predicted octanol–water partition coefficient (Wildman–Crippen LogP) is 4.66. The first kappa shape index (κ1) is 15.4. The Morgan fingerprint density at radius 1 is 1.10 bits per heavy atom. The van der Waals surface area contributed by atoms with Gasteiger partial charge in [-0.3, -0.25) is 0 Å².